The number of hydrogen-bond acceptors (Lipinski definition) is 6. The first-order valence-corrected chi connectivity index (χ1v) is 8.56. The molecule has 1 saturated heterocycles. The van der Waals surface area contributed by atoms with Crippen molar-refractivity contribution < 1.29 is 9.21 Å². The van der Waals surface area contributed by atoms with Gasteiger partial charge in [0.1, 0.15) is 5.82 Å². The number of aromatic nitrogens is 3. The summed E-state index contributed by atoms with van der Waals surface area (Å²) in [5.41, 5.74) is 1.47. The molecule has 0 bridgehead atoms. The van der Waals surface area contributed by atoms with Crippen molar-refractivity contribution in [3.63, 3.8) is 0 Å². The second-order valence-electron chi connectivity index (χ2n) is 6.17. The molecule has 1 aromatic carbocycles. The van der Waals surface area contributed by atoms with Gasteiger partial charge in [0.2, 0.25) is 11.8 Å². The van der Waals surface area contributed by atoms with E-state index in [-0.39, 0.29) is 5.91 Å². The second-order valence-corrected chi connectivity index (χ2v) is 6.17. The van der Waals surface area contributed by atoms with Crippen LogP contribution >= 0.6 is 0 Å². The molecule has 0 radical (unpaired) electrons. The lowest BCUT2D eigenvalue weighted by Gasteiger charge is -2.35. The van der Waals surface area contributed by atoms with Crippen LogP contribution in [0.1, 0.15) is 16.2 Å². The lowest BCUT2D eigenvalue weighted by Crippen LogP contribution is -2.49. The van der Waals surface area contributed by atoms with Crippen molar-refractivity contribution >= 4 is 11.7 Å². The summed E-state index contributed by atoms with van der Waals surface area (Å²) in [6.07, 6.45) is 1.79. The maximum atomic E-state index is 12.7. The Morgan fingerprint density at radius 1 is 1.00 bits per heavy atom. The third-order valence-electron chi connectivity index (χ3n) is 4.44. The fourth-order valence-corrected chi connectivity index (χ4v) is 3.03. The molecule has 3 heterocycles. The molecule has 4 rings (SSSR count). The highest BCUT2D eigenvalue weighted by atomic mass is 16.4. The molecule has 2 aromatic heterocycles. The molecule has 7 nitrogen and oxygen atoms in total. The van der Waals surface area contributed by atoms with Gasteiger partial charge in [-0.1, -0.05) is 6.07 Å². The molecule has 0 aliphatic carbocycles. The highest BCUT2D eigenvalue weighted by molar-refractivity contribution is 5.94. The molecule has 1 fully saturated rings. The molecule has 3 aromatic rings. The Morgan fingerprint density at radius 3 is 2.38 bits per heavy atom. The smallest absolute Gasteiger partial charge is 0.253 e. The summed E-state index contributed by atoms with van der Waals surface area (Å²) in [6.45, 7) is 4.67. The molecule has 26 heavy (non-hydrogen) atoms. The van der Waals surface area contributed by atoms with Crippen LogP contribution in [-0.2, 0) is 0 Å². The van der Waals surface area contributed by atoms with Crippen molar-refractivity contribution in [3.05, 3.63) is 60.1 Å². The van der Waals surface area contributed by atoms with Crippen LogP contribution in [0.4, 0.5) is 5.82 Å². The van der Waals surface area contributed by atoms with E-state index in [1.165, 1.54) is 0 Å². The monoisotopic (exact) mass is 349 g/mol. The predicted octanol–water partition coefficient (Wildman–Crippen LogP) is 2.40. The SMILES string of the molecule is Cc1nnc(-c2ccc(C(=O)N3CCN(c4ccccn4)CC3)cc2)o1. The Kier molecular flexibility index (Phi) is 4.35. The minimum Gasteiger partial charge on any atom is -0.421 e. The number of piperazine rings is 1. The van der Waals surface area contributed by atoms with Crippen LogP contribution in [0.25, 0.3) is 11.5 Å². The molecule has 7 heteroatoms. The van der Waals surface area contributed by atoms with E-state index in [2.05, 4.69) is 20.1 Å². The normalized spacial score (nSPS) is 14.5. The zero-order valence-corrected chi connectivity index (χ0v) is 14.5. The summed E-state index contributed by atoms with van der Waals surface area (Å²) in [4.78, 5) is 21.2. The third kappa shape index (κ3) is 3.28. The van der Waals surface area contributed by atoms with Crippen molar-refractivity contribution in [1.29, 1.82) is 0 Å². The Morgan fingerprint density at radius 2 is 1.77 bits per heavy atom. The van der Waals surface area contributed by atoms with E-state index < -0.39 is 0 Å². The van der Waals surface area contributed by atoms with Gasteiger partial charge in [0.05, 0.1) is 0 Å². The van der Waals surface area contributed by atoms with Gasteiger partial charge in [-0.15, -0.1) is 10.2 Å². The van der Waals surface area contributed by atoms with Gasteiger partial charge in [-0.25, -0.2) is 4.98 Å². The number of aryl methyl sites for hydroxylation is 1. The predicted molar refractivity (Wildman–Crippen MR) is 96.8 cm³/mol. The van der Waals surface area contributed by atoms with Crippen LogP contribution in [-0.4, -0.2) is 52.2 Å². The number of hydrogen-bond donors (Lipinski definition) is 0. The molecule has 1 aliphatic heterocycles. The van der Waals surface area contributed by atoms with Crippen molar-refractivity contribution in [3.8, 4) is 11.5 Å². The largest absolute Gasteiger partial charge is 0.421 e. The third-order valence-corrected chi connectivity index (χ3v) is 4.44. The first-order chi connectivity index (χ1) is 12.7. The summed E-state index contributed by atoms with van der Waals surface area (Å²) in [5.74, 6) is 1.98. The molecule has 0 unspecified atom stereocenters. The van der Waals surface area contributed by atoms with Gasteiger partial charge >= 0.3 is 0 Å². The van der Waals surface area contributed by atoms with Crippen molar-refractivity contribution in [2.75, 3.05) is 31.1 Å². The maximum Gasteiger partial charge on any atom is 0.253 e. The number of benzene rings is 1. The molecule has 0 N–H and O–H groups in total. The van der Waals surface area contributed by atoms with Gasteiger partial charge in [0.25, 0.3) is 5.91 Å². The average Bonchev–Trinajstić information content (AvgIpc) is 3.15. The van der Waals surface area contributed by atoms with Gasteiger partial charge in [-0.2, -0.15) is 0 Å². The van der Waals surface area contributed by atoms with E-state index in [1.807, 2.05) is 47.4 Å². The molecular weight excluding hydrogens is 330 g/mol. The summed E-state index contributed by atoms with van der Waals surface area (Å²) in [7, 11) is 0. The first-order valence-electron chi connectivity index (χ1n) is 8.56. The van der Waals surface area contributed by atoms with Crippen LogP contribution < -0.4 is 4.90 Å². The molecule has 0 saturated carbocycles. The van der Waals surface area contributed by atoms with Crippen LogP contribution in [0.5, 0.6) is 0 Å². The number of carbonyl (C=O) groups is 1. The van der Waals surface area contributed by atoms with E-state index >= 15 is 0 Å². The number of amides is 1. The van der Waals surface area contributed by atoms with Gasteiger partial charge in [-0.3, -0.25) is 4.79 Å². The Balaban J connectivity index is 1.40. The maximum absolute atomic E-state index is 12.7. The van der Waals surface area contributed by atoms with Gasteiger partial charge in [0.15, 0.2) is 0 Å². The number of anilines is 1. The number of rotatable bonds is 3. The Labute approximate surface area is 151 Å². The van der Waals surface area contributed by atoms with Crippen molar-refractivity contribution in [1.82, 2.24) is 20.1 Å². The number of nitrogens with zero attached hydrogens (tertiary/aromatic N) is 5. The number of pyridine rings is 1. The highest BCUT2D eigenvalue weighted by Crippen LogP contribution is 2.20. The molecule has 132 valence electrons. The second kappa shape index (κ2) is 6.95. The molecule has 1 amide bonds. The minimum absolute atomic E-state index is 0.0407. The Hall–Kier alpha value is -3.22. The average molecular weight is 349 g/mol. The van der Waals surface area contributed by atoms with Gasteiger partial charge in [-0.05, 0) is 36.4 Å². The van der Waals surface area contributed by atoms with Gasteiger partial charge < -0.3 is 14.2 Å². The van der Waals surface area contributed by atoms with E-state index in [0.717, 1.165) is 24.5 Å². The summed E-state index contributed by atoms with van der Waals surface area (Å²) in [5, 5.41) is 7.82. The lowest BCUT2D eigenvalue weighted by molar-refractivity contribution is 0.0746. The van der Waals surface area contributed by atoms with Crippen LogP contribution in [0, 0.1) is 6.92 Å². The molecule has 0 spiro atoms. The summed E-state index contributed by atoms with van der Waals surface area (Å²) >= 11 is 0. The van der Waals surface area contributed by atoms with Crippen LogP contribution in [0.3, 0.4) is 0 Å². The van der Waals surface area contributed by atoms with E-state index in [4.69, 9.17) is 4.42 Å². The topological polar surface area (TPSA) is 75.4 Å². The zero-order chi connectivity index (χ0) is 17.9. The summed E-state index contributed by atoms with van der Waals surface area (Å²) < 4.78 is 5.41. The molecular formula is C19H19N5O2. The van der Waals surface area contributed by atoms with Gasteiger partial charge in [0, 0.05) is 50.4 Å². The quantitative estimate of drug-likeness (QED) is 0.723. The van der Waals surface area contributed by atoms with Crippen LogP contribution in [0.2, 0.25) is 0 Å². The van der Waals surface area contributed by atoms with E-state index in [9.17, 15) is 4.79 Å². The molecule has 0 atom stereocenters. The van der Waals surface area contributed by atoms with E-state index in [1.54, 1.807) is 13.1 Å². The van der Waals surface area contributed by atoms with Crippen LogP contribution in [0.15, 0.2) is 53.1 Å². The lowest BCUT2D eigenvalue weighted by atomic mass is 10.1. The highest BCUT2D eigenvalue weighted by Gasteiger charge is 2.22. The fraction of sp³-hybridized carbons (Fsp3) is 0.263. The zero-order valence-electron chi connectivity index (χ0n) is 14.5. The number of carbonyl (C=O) groups excluding carboxylic acids is 1. The summed E-state index contributed by atoms with van der Waals surface area (Å²) in [6, 6.07) is 13.2. The fourth-order valence-electron chi connectivity index (χ4n) is 3.03. The Bertz CT molecular complexity index is 884. The molecule has 1 aliphatic rings. The minimum atomic E-state index is 0.0407. The van der Waals surface area contributed by atoms with Crippen molar-refractivity contribution in [2.45, 2.75) is 6.92 Å². The standard InChI is InChI=1S/C19H19N5O2/c1-14-21-22-18(26-14)15-5-7-16(8-6-15)19(25)24-12-10-23(11-13-24)17-4-2-3-9-20-17/h2-9H,10-13H2,1H3. The van der Waals surface area contributed by atoms with E-state index in [0.29, 0.717) is 30.4 Å². The van der Waals surface area contributed by atoms with Crippen molar-refractivity contribution in [2.24, 2.45) is 0 Å². The first kappa shape index (κ1) is 16.3.